The first kappa shape index (κ1) is 13.6. The number of nitrogens with zero attached hydrogens (tertiary/aromatic N) is 4. The van der Waals surface area contributed by atoms with E-state index in [4.69, 9.17) is 5.73 Å². The van der Waals surface area contributed by atoms with E-state index in [9.17, 15) is 4.39 Å². The molecule has 5 nitrogen and oxygen atoms in total. The molecule has 3 rings (SSSR count). The van der Waals surface area contributed by atoms with Crippen molar-refractivity contribution in [3.05, 3.63) is 41.3 Å². The number of halogens is 1. The van der Waals surface area contributed by atoms with Gasteiger partial charge < -0.3 is 5.73 Å². The van der Waals surface area contributed by atoms with Crippen LogP contribution in [0.25, 0.3) is 11.2 Å². The second-order valence-corrected chi connectivity index (χ2v) is 5.13. The molecule has 0 radical (unpaired) electrons. The Morgan fingerprint density at radius 2 is 2.05 bits per heavy atom. The standard InChI is InChI=1S/C15H18FN5/c1-4-12-13-14(20(3)19-12)21(15(17)18-13)9(2)10-7-5-6-8-11(10)16/h5-9H,4H2,1-3H3,(H2,17,18). The number of imidazole rings is 1. The SMILES string of the molecule is CCc1nn(C)c2c1nc(N)n2C(C)c1ccccc1F. The topological polar surface area (TPSA) is 61.7 Å². The van der Waals surface area contributed by atoms with Gasteiger partial charge in [0, 0.05) is 12.6 Å². The number of benzene rings is 1. The summed E-state index contributed by atoms with van der Waals surface area (Å²) in [4.78, 5) is 4.42. The first-order valence-electron chi connectivity index (χ1n) is 6.98. The fraction of sp³-hybridized carbons (Fsp3) is 0.333. The molecule has 1 unspecified atom stereocenters. The zero-order valence-electron chi connectivity index (χ0n) is 12.3. The van der Waals surface area contributed by atoms with Crippen molar-refractivity contribution in [2.24, 2.45) is 7.05 Å². The lowest BCUT2D eigenvalue weighted by Crippen LogP contribution is -2.13. The molecule has 0 aliphatic carbocycles. The van der Waals surface area contributed by atoms with E-state index in [1.807, 2.05) is 31.5 Å². The summed E-state index contributed by atoms with van der Waals surface area (Å²) in [5, 5.41) is 4.45. The molecule has 3 aromatic rings. The molecular weight excluding hydrogens is 269 g/mol. The predicted molar refractivity (Wildman–Crippen MR) is 80.5 cm³/mol. The number of aromatic nitrogens is 4. The summed E-state index contributed by atoms with van der Waals surface area (Å²) in [7, 11) is 1.85. The lowest BCUT2D eigenvalue weighted by atomic mass is 10.1. The van der Waals surface area contributed by atoms with E-state index in [-0.39, 0.29) is 11.9 Å². The Morgan fingerprint density at radius 1 is 1.33 bits per heavy atom. The molecule has 0 saturated heterocycles. The molecule has 0 saturated carbocycles. The summed E-state index contributed by atoms with van der Waals surface area (Å²) in [6, 6.07) is 6.47. The molecule has 2 aromatic heterocycles. The highest BCUT2D eigenvalue weighted by Crippen LogP contribution is 2.29. The summed E-state index contributed by atoms with van der Waals surface area (Å²) in [6.07, 6.45) is 0.780. The fourth-order valence-corrected chi connectivity index (χ4v) is 2.79. The summed E-state index contributed by atoms with van der Waals surface area (Å²) in [5.74, 6) is 0.132. The third-order valence-electron chi connectivity index (χ3n) is 3.84. The van der Waals surface area contributed by atoms with E-state index >= 15 is 0 Å². The maximum atomic E-state index is 14.0. The van der Waals surface area contributed by atoms with Crippen molar-refractivity contribution in [1.82, 2.24) is 19.3 Å². The lowest BCUT2D eigenvalue weighted by molar-refractivity contribution is 0.560. The fourth-order valence-electron chi connectivity index (χ4n) is 2.79. The van der Waals surface area contributed by atoms with Gasteiger partial charge in [-0.2, -0.15) is 5.10 Å². The van der Waals surface area contributed by atoms with Gasteiger partial charge in [0.15, 0.2) is 5.65 Å². The Balaban J connectivity index is 2.23. The molecule has 0 aliphatic heterocycles. The minimum Gasteiger partial charge on any atom is -0.369 e. The lowest BCUT2D eigenvalue weighted by Gasteiger charge is -2.17. The molecule has 0 amide bonds. The smallest absolute Gasteiger partial charge is 0.203 e. The van der Waals surface area contributed by atoms with Crippen LogP contribution in [0.5, 0.6) is 0 Å². The molecule has 110 valence electrons. The van der Waals surface area contributed by atoms with Crippen molar-refractivity contribution in [2.45, 2.75) is 26.3 Å². The molecule has 1 aromatic carbocycles. The monoisotopic (exact) mass is 287 g/mol. The van der Waals surface area contributed by atoms with Crippen molar-refractivity contribution >= 4 is 17.1 Å². The van der Waals surface area contributed by atoms with Gasteiger partial charge in [-0.25, -0.2) is 9.37 Å². The molecule has 0 fully saturated rings. The average Bonchev–Trinajstić information content (AvgIpc) is 2.95. The quantitative estimate of drug-likeness (QED) is 0.805. The van der Waals surface area contributed by atoms with Crippen LogP contribution in [0, 0.1) is 5.82 Å². The number of fused-ring (bicyclic) bond motifs is 1. The summed E-state index contributed by atoms with van der Waals surface area (Å²) >= 11 is 0. The van der Waals surface area contributed by atoms with Crippen molar-refractivity contribution < 1.29 is 4.39 Å². The van der Waals surface area contributed by atoms with Gasteiger partial charge in [0.25, 0.3) is 0 Å². The Labute approximate surface area is 122 Å². The second-order valence-electron chi connectivity index (χ2n) is 5.13. The molecule has 0 aliphatic rings. The van der Waals surface area contributed by atoms with Crippen molar-refractivity contribution in [1.29, 1.82) is 0 Å². The molecule has 1 atom stereocenters. The van der Waals surface area contributed by atoms with Crippen LogP contribution in [0.15, 0.2) is 24.3 Å². The van der Waals surface area contributed by atoms with E-state index in [0.29, 0.717) is 11.5 Å². The van der Waals surface area contributed by atoms with Crippen molar-refractivity contribution in [3.63, 3.8) is 0 Å². The number of hydrogen-bond donors (Lipinski definition) is 1. The van der Waals surface area contributed by atoms with E-state index in [0.717, 1.165) is 23.3 Å². The number of nitrogen functional groups attached to an aromatic ring is 1. The maximum absolute atomic E-state index is 14.0. The predicted octanol–water partition coefficient (Wildman–Crippen LogP) is 2.66. The largest absolute Gasteiger partial charge is 0.369 e. The van der Waals surface area contributed by atoms with Crippen molar-refractivity contribution in [2.75, 3.05) is 5.73 Å². The van der Waals surface area contributed by atoms with Gasteiger partial charge in [-0.15, -0.1) is 0 Å². The number of anilines is 1. The van der Waals surface area contributed by atoms with Gasteiger partial charge in [0.05, 0.1) is 11.7 Å². The number of hydrogen-bond acceptors (Lipinski definition) is 3. The number of rotatable bonds is 3. The Hall–Kier alpha value is -2.37. The molecular formula is C15H18FN5. The van der Waals surface area contributed by atoms with Gasteiger partial charge in [-0.1, -0.05) is 25.1 Å². The van der Waals surface area contributed by atoms with Crippen LogP contribution >= 0.6 is 0 Å². The van der Waals surface area contributed by atoms with Gasteiger partial charge in [0.2, 0.25) is 5.95 Å². The van der Waals surface area contributed by atoms with Gasteiger partial charge >= 0.3 is 0 Å². The number of nitrogens with two attached hydrogens (primary N) is 1. The van der Waals surface area contributed by atoms with E-state index < -0.39 is 0 Å². The summed E-state index contributed by atoms with van der Waals surface area (Å²) in [5.41, 5.74) is 9.17. The van der Waals surface area contributed by atoms with Gasteiger partial charge in [0.1, 0.15) is 11.3 Å². The maximum Gasteiger partial charge on any atom is 0.203 e. The Bertz CT molecular complexity index is 802. The zero-order valence-corrected chi connectivity index (χ0v) is 12.3. The molecule has 0 spiro atoms. The third-order valence-corrected chi connectivity index (χ3v) is 3.84. The van der Waals surface area contributed by atoms with E-state index in [1.54, 1.807) is 16.8 Å². The van der Waals surface area contributed by atoms with Crippen LogP contribution < -0.4 is 5.73 Å². The Morgan fingerprint density at radius 3 is 2.71 bits per heavy atom. The van der Waals surface area contributed by atoms with Gasteiger partial charge in [-0.3, -0.25) is 9.25 Å². The molecule has 2 heterocycles. The number of aryl methyl sites for hydroxylation is 2. The summed E-state index contributed by atoms with van der Waals surface area (Å²) in [6.45, 7) is 3.94. The molecule has 2 N–H and O–H groups in total. The van der Waals surface area contributed by atoms with Crippen LogP contribution in [-0.4, -0.2) is 19.3 Å². The van der Waals surface area contributed by atoms with Crippen LogP contribution in [0.4, 0.5) is 10.3 Å². The minimum atomic E-state index is -0.253. The van der Waals surface area contributed by atoms with Crippen LogP contribution in [0.1, 0.15) is 31.1 Å². The van der Waals surface area contributed by atoms with Crippen LogP contribution in [-0.2, 0) is 13.5 Å². The first-order valence-corrected chi connectivity index (χ1v) is 6.98. The van der Waals surface area contributed by atoms with E-state index in [2.05, 4.69) is 10.1 Å². The first-order chi connectivity index (χ1) is 10.0. The third kappa shape index (κ3) is 1.98. The summed E-state index contributed by atoms with van der Waals surface area (Å²) < 4.78 is 17.6. The van der Waals surface area contributed by atoms with E-state index in [1.165, 1.54) is 6.07 Å². The normalized spacial score (nSPS) is 13.0. The van der Waals surface area contributed by atoms with Crippen LogP contribution in [0.2, 0.25) is 0 Å². The molecule has 21 heavy (non-hydrogen) atoms. The Kier molecular flexibility index (Phi) is 3.16. The highest BCUT2D eigenvalue weighted by molar-refractivity contribution is 5.78. The van der Waals surface area contributed by atoms with Gasteiger partial charge in [-0.05, 0) is 19.4 Å². The average molecular weight is 287 g/mol. The molecule has 0 bridgehead atoms. The molecule has 6 heteroatoms. The van der Waals surface area contributed by atoms with Crippen LogP contribution in [0.3, 0.4) is 0 Å². The van der Waals surface area contributed by atoms with Crippen molar-refractivity contribution in [3.8, 4) is 0 Å². The minimum absolute atomic E-state index is 0.246. The second kappa shape index (κ2) is 4.87. The highest BCUT2D eigenvalue weighted by atomic mass is 19.1. The zero-order chi connectivity index (χ0) is 15.1. The highest BCUT2D eigenvalue weighted by Gasteiger charge is 2.22.